The van der Waals surface area contributed by atoms with E-state index in [-0.39, 0.29) is 17.8 Å². The molecular formula is C22H18FN3O2. The number of rotatable bonds is 5. The van der Waals surface area contributed by atoms with Crippen LogP contribution < -0.4 is 5.32 Å². The first-order valence-corrected chi connectivity index (χ1v) is 8.85. The Hall–Kier alpha value is -3.67. The highest BCUT2D eigenvalue weighted by atomic mass is 19.1. The van der Waals surface area contributed by atoms with Crippen molar-refractivity contribution in [3.63, 3.8) is 0 Å². The average molecular weight is 375 g/mol. The van der Waals surface area contributed by atoms with E-state index in [1.165, 1.54) is 6.07 Å². The van der Waals surface area contributed by atoms with Crippen molar-refractivity contribution in [2.45, 2.75) is 13.1 Å². The summed E-state index contributed by atoms with van der Waals surface area (Å²) in [6.45, 7) is 4.28. The van der Waals surface area contributed by atoms with Crippen LogP contribution in [0.4, 0.5) is 9.18 Å². The van der Waals surface area contributed by atoms with Gasteiger partial charge in [-0.2, -0.15) is 0 Å². The van der Waals surface area contributed by atoms with Crippen LogP contribution in [0, 0.1) is 5.82 Å². The summed E-state index contributed by atoms with van der Waals surface area (Å²) in [6.07, 6.45) is 5.36. The molecule has 0 radical (unpaired) electrons. The normalized spacial score (nSPS) is 15.5. The van der Waals surface area contributed by atoms with Gasteiger partial charge in [0.25, 0.3) is 5.91 Å². The lowest BCUT2D eigenvalue weighted by molar-refractivity contribution is -0.123. The number of aromatic nitrogens is 1. The first-order valence-electron chi connectivity index (χ1n) is 8.85. The predicted octanol–water partition coefficient (Wildman–Crippen LogP) is 4.06. The minimum atomic E-state index is -0.561. The van der Waals surface area contributed by atoms with E-state index in [0.717, 1.165) is 21.4 Å². The van der Waals surface area contributed by atoms with Crippen LogP contribution in [0.25, 0.3) is 17.0 Å². The molecule has 1 aromatic heterocycles. The summed E-state index contributed by atoms with van der Waals surface area (Å²) in [7, 11) is 0. The number of para-hydroxylation sites is 1. The SMILES string of the molecule is C=CCn1cc(/C=C2\NC(=O)N(Cc3ccccc3F)C2=O)c2ccccc21. The van der Waals surface area contributed by atoms with Crippen LogP contribution in [0.5, 0.6) is 0 Å². The maximum absolute atomic E-state index is 13.9. The van der Waals surface area contributed by atoms with Crippen LogP contribution in [0.3, 0.4) is 0 Å². The summed E-state index contributed by atoms with van der Waals surface area (Å²) in [5.74, 6) is -0.929. The molecule has 0 saturated carbocycles. The second-order valence-electron chi connectivity index (χ2n) is 6.51. The van der Waals surface area contributed by atoms with E-state index in [1.807, 2.05) is 35.0 Å². The number of hydrogen-bond acceptors (Lipinski definition) is 2. The highest BCUT2D eigenvalue weighted by molar-refractivity contribution is 6.14. The summed E-state index contributed by atoms with van der Waals surface area (Å²) >= 11 is 0. The molecule has 140 valence electrons. The number of urea groups is 1. The molecule has 4 rings (SSSR count). The lowest BCUT2D eigenvalue weighted by Crippen LogP contribution is -2.30. The van der Waals surface area contributed by atoms with Gasteiger partial charge < -0.3 is 9.88 Å². The summed E-state index contributed by atoms with van der Waals surface area (Å²) in [5, 5.41) is 3.56. The van der Waals surface area contributed by atoms with Gasteiger partial charge in [0.1, 0.15) is 11.5 Å². The molecule has 0 aliphatic carbocycles. The van der Waals surface area contributed by atoms with Gasteiger partial charge in [-0.3, -0.25) is 9.69 Å². The van der Waals surface area contributed by atoms with E-state index >= 15 is 0 Å². The molecule has 0 spiro atoms. The van der Waals surface area contributed by atoms with Gasteiger partial charge >= 0.3 is 6.03 Å². The molecule has 1 saturated heterocycles. The van der Waals surface area contributed by atoms with Gasteiger partial charge in [0, 0.05) is 34.8 Å². The van der Waals surface area contributed by atoms with Gasteiger partial charge in [-0.15, -0.1) is 6.58 Å². The Morgan fingerprint density at radius 2 is 1.82 bits per heavy atom. The zero-order valence-corrected chi connectivity index (χ0v) is 15.1. The molecule has 1 aliphatic rings. The molecule has 2 heterocycles. The third-order valence-electron chi connectivity index (χ3n) is 4.69. The summed E-state index contributed by atoms with van der Waals surface area (Å²) in [6, 6.07) is 13.3. The molecule has 0 unspecified atom stereocenters. The Balaban J connectivity index is 1.67. The van der Waals surface area contributed by atoms with Gasteiger partial charge in [-0.05, 0) is 18.2 Å². The first-order chi connectivity index (χ1) is 13.6. The minimum absolute atomic E-state index is 0.118. The Morgan fingerprint density at radius 1 is 1.07 bits per heavy atom. The van der Waals surface area contributed by atoms with Crippen molar-refractivity contribution in [3.8, 4) is 0 Å². The first kappa shape index (κ1) is 17.7. The molecule has 0 atom stereocenters. The molecular weight excluding hydrogens is 357 g/mol. The fraction of sp³-hybridized carbons (Fsp3) is 0.0909. The summed E-state index contributed by atoms with van der Waals surface area (Å²) in [5.41, 5.74) is 2.28. The average Bonchev–Trinajstić information content (AvgIpc) is 3.16. The monoisotopic (exact) mass is 375 g/mol. The maximum Gasteiger partial charge on any atom is 0.329 e. The van der Waals surface area contributed by atoms with Crippen molar-refractivity contribution >= 4 is 28.9 Å². The van der Waals surface area contributed by atoms with Gasteiger partial charge in [0.05, 0.1) is 6.54 Å². The fourth-order valence-corrected chi connectivity index (χ4v) is 3.35. The third kappa shape index (κ3) is 3.09. The number of carbonyl (C=O) groups excluding carboxylic acids is 2. The highest BCUT2D eigenvalue weighted by Crippen LogP contribution is 2.25. The molecule has 3 amide bonds. The largest absolute Gasteiger partial charge is 0.343 e. The van der Waals surface area contributed by atoms with Crippen molar-refractivity contribution in [2.75, 3.05) is 0 Å². The molecule has 6 heteroatoms. The second kappa shape index (κ2) is 7.15. The third-order valence-corrected chi connectivity index (χ3v) is 4.69. The molecule has 5 nitrogen and oxygen atoms in total. The number of allylic oxidation sites excluding steroid dienone is 1. The molecule has 1 N–H and O–H groups in total. The minimum Gasteiger partial charge on any atom is -0.343 e. The van der Waals surface area contributed by atoms with Gasteiger partial charge in [0.15, 0.2) is 0 Å². The smallest absolute Gasteiger partial charge is 0.329 e. The lowest BCUT2D eigenvalue weighted by atomic mass is 10.1. The number of benzene rings is 2. The van der Waals surface area contributed by atoms with Crippen LogP contribution in [0.15, 0.2) is 73.1 Å². The van der Waals surface area contributed by atoms with Gasteiger partial charge in [-0.1, -0.05) is 42.5 Å². The highest BCUT2D eigenvalue weighted by Gasteiger charge is 2.34. The van der Waals surface area contributed by atoms with Crippen molar-refractivity contribution in [3.05, 3.63) is 90.0 Å². The van der Waals surface area contributed by atoms with Crippen LogP contribution in [0.2, 0.25) is 0 Å². The quantitative estimate of drug-likeness (QED) is 0.415. The Bertz CT molecular complexity index is 1130. The number of amides is 3. The number of imide groups is 1. The standard InChI is InChI=1S/C22H18FN3O2/c1-2-11-25-13-16(17-8-4-6-10-20(17)25)12-19-21(27)26(22(28)24-19)14-15-7-3-5-9-18(15)23/h2-10,12-13H,1,11,14H2,(H,24,28)/b19-12-. The topological polar surface area (TPSA) is 54.3 Å². The van der Waals surface area contributed by atoms with E-state index in [1.54, 1.807) is 30.4 Å². The number of nitrogens with one attached hydrogen (secondary N) is 1. The van der Waals surface area contributed by atoms with Crippen molar-refractivity contribution < 1.29 is 14.0 Å². The van der Waals surface area contributed by atoms with E-state index in [9.17, 15) is 14.0 Å². The van der Waals surface area contributed by atoms with E-state index in [0.29, 0.717) is 6.54 Å². The van der Waals surface area contributed by atoms with Gasteiger partial charge in [-0.25, -0.2) is 9.18 Å². The Labute approximate surface area is 161 Å². The predicted molar refractivity (Wildman–Crippen MR) is 106 cm³/mol. The van der Waals surface area contributed by atoms with E-state index in [2.05, 4.69) is 11.9 Å². The van der Waals surface area contributed by atoms with Crippen LogP contribution in [0.1, 0.15) is 11.1 Å². The van der Waals surface area contributed by atoms with E-state index in [4.69, 9.17) is 0 Å². The zero-order valence-electron chi connectivity index (χ0n) is 15.1. The number of nitrogens with zero attached hydrogens (tertiary/aromatic N) is 2. The second-order valence-corrected chi connectivity index (χ2v) is 6.51. The molecule has 3 aromatic rings. The number of hydrogen-bond donors (Lipinski definition) is 1. The van der Waals surface area contributed by atoms with Crippen molar-refractivity contribution in [1.29, 1.82) is 0 Å². The van der Waals surface area contributed by atoms with Crippen LogP contribution in [-0.4, -0.2) is 21.4 Å². The number of halogens is 1. The number of fused-ring (bicyclic) bond motifs is 1. The van der Waals surface area contributed by atoms with E-state index < -0.39 is 17.8 Å². The van der Waals surface area contributed by atoms with Gasteiger partial charge in [0.2, 0.25) is 0 Å². The molecule has 28 heavy (non-hydrogen) atoms. The lowest BCUT2D eigenvalue weighted by Gasteiger charge is -2.12. The summed E-state index contributed by atoms with van der Waals surface area (Å²) < 4.78 is 15.9. The van der Waals surface area contributed by atoms with Crippen molar-refractivity contribution in [2.24, 2.45) is 0 Å². The Kier molecular flexibility index (Phi) is 4.53. The fourth-order valence-electron chi connectivity index (χ4n) is 3.35. The van der Waals surface area contributed by atoms with Crippen LogP contribution >= 0.6 is 0 Å². The molecule has 2 aromatic carbocycles. The molecule has 1 aliphatic heterocycles. The summed E-state index contributed by atoms with van der Waals surface area (Å²) in [4.78, 5) is 26.0. The molecule has 0 bridgehead atoms. The van der Waals surface area contributed by atoms with Crippen LogP contribution in [-0.2, 0) is 17.9 Å². The Morgan fingerprint density at radius 3 is 2.61 bits per heavy atom. The van der Waals surface area contributed by atoms with Crippen molar-refractivity contribution in [1.82, 2.24) is 14.8 Å². The zero-order chi connectivity index (χ0) is 19.7. The maximum atomic E-state index is 13.9. The number of carbonyl (C=O) groups is 2. The molecule has 1 fully saturated rings.